The van der Waals surface area contributed by atoms with Crippen molar-refractivity contribution in [3.8, 4) is 0 Å². The summed E-state index contributed by atoms with van der Waals surface area (Å²) >= 11 is 0. The minimum atomic E-state index is -3.95. The SMILES string of the molecule is O=C(Nn1ncc2cc(S(=O)(=O)c3cccc(F)c3)ccc21)c1cccc(N2CCC(N3CCCC3)CC2)c1NC1CCCCO1. The van der Waals surface area contributed by atoms with Gasteiger partial charge in [-0.05, 0) is 107 Å². The highest BCUT2D eigenvalue weighted by molar-refractivity contribution is 7.91. The van der Waals surface area contributed by atoms with Crippen LogP contribution >= 0.6 is 0 Å². The fraction of sp³-hybridized carbons (Fsp3) is 0.412. The number of carbonyl (C=O) groups excluding carboxylic acids is 1. The van der Waals surface area contributed by atoms with E-state index in [1.165, 1.54) is 67.3 Å². The molecule has 3 aliphatic heterocycles. The number of benzene rings is 3. The zero-order chi connectivity index (χ0) is 31.7. The second-order valence-corrected chi connectivity index (χ2v) is 14.3. The molecular weight excluding hydrogens is 607 g/mol. The number of piperidine rings is 1. The maximum absolute atomic E-state index is 13.9. The summed E-state index contributed by atoms with van der Waals surface area (Å²) in [5.41, 5.74) is 5.62. The van der Waals surface area contributed by atoms with Crippen molar-refractivity contribution in [1.82, 2.24) is 14.8 Å². The average Bonchev–Trinajstić information content (AvgIpc) is 3.76. The Balaban J connectivity index is 1.14. The van der Waals surface area contributed by atoms with E-state index in [2.05, 4.69) is 31.7 Å². The van der Waals surface area contributed by atoms with Gasteiger partial charge in [0.1, 0.15) is 12.0 Å². The summed E-state index contributed by atoms with van der Waals surface area (Å²) in [4.78, 5) is 20.1. The fourth-order valence-electron chi connectivity index (χ4n) is 6.93. The van der Waals surface area contributed by atoms with Gasteiger partial charge in [-0.3, -0.25) is 4.79 Å². The van der Waals surface area contributed by atoms with Gasteiger partial charge < -0.3 is 19.9 Å². The molecule has 3 aromatic carbocycles. The first-order chi connectivity index (χ1) is 22.4. The summed E-state index contributed by atoms with van der Waals surface area (Å²) in [5, 5.41) is 8.42. The van der Waals surface area contributed by atoms with Crippen LogP contribution in [0.1, 0.15) is 55.3 Å². The molecule has 1 aromatic heterocycles. The van der Waals surface area contributed by atoms with Crippen molar-refractivity contribution in [2.45, 2.75) is 67.0 Å². The molecule has 1 amide bonds. The fourth-order valence-corrected chi connectivity index (χ4v) is 8.26. The lowest BCUT2D eigenvalue weighted by atomic mass is 10.0. The van der Waals surface area contributed by atoms with Crippen molar-refractivity contribution in [3.05, 3.63) is 78.2 Å². The molecule has 3 fully saturated rings. The predicted molar refractivity (Wildman–Crippen MR) is 175 cm³/mol. The standard InChI is InChI=1S/C34H39FN6O4S/c35-25-7-5-8-27(22-25)46(43,44)28-12-13-30-24(21-28)23-36-41(30)38-34(42)29-9-6-10-31(33(29)37-32-11-1-4-20-45-32)40-18-14-26(15-19-40)39-16-2-3-17-39/h5-10,12-13,21-23,26,32,37H,1-4,11,14-20H2,(H,38,42). The molecule has 0 bridgehead atoms. The van der Waals surface area contributed by atoms with E-state index in [-0.39, 0.29) is 21.9 Å². The third-order valence-electron chi connectivity index (χ3n) is 9.40. The van der Waals surface area contributed by atoms with Gasteiger partial charge in [-0.2, -0.15) is 9.89 Å². The second kappa shape index (κ2) is 13.0. The van der Waals surface area contributed by atoms with Gasteiger partial charge in [0.05, 0.1) is 38.4 Å². The normalized spacial score (nSPS) is 19.8. The van der Waals surface area contributed by atoms with Crippen LogP contribution in [0.4, 0.5) is 15.8 Å². The van der Waals surface area contributed by atoms with Crippen LogP contribution in [0.3, 0.4) is 0 Å². The Morgan fingerprint density at radius 2 is 1.67 bits per heavy atom. The average molecular weight is 647 g/mol. The molecule has 3 aliphatic rings. The number of amides is 1. The summed E-state index contributed by atoms with van der Waals surface area (Å²) in [6.07, 6.45) is 8.99. The van der Waals surface area contributed by atoms with E-state index in [0.29, 0.717) is 29.1 Å². The number of nitrogens with zero attached hydrogens (tertiary/aromatic N) is 4. The number of aromatic nitrogens is 2. The number of hydrogen-bond acceptors (Lipinski definition) is 8. The molecule has 242 valence electrons. The van der Waals surface area contributed by atoms with Crippen LogP contribution in [0.2, 0.25) is 0 Å². The first-order valence-corrected chi connectivity index (χ1v) is 17.6. The summed E-state index contributed by atoms with van der Waals surface area (Å²) in [7, 11) is -3.95. The Morgan fingerprint density at radius 1 is 0.891 bits per heavy atom. The van der Waals surface area contributed by atoms with Crippen LogP contribution in [0, 0.1) is 5.82 Å². The van der Waals surface area contributed by atoms with Gasteiger partial charge in [0, 0.05) is 31.1 Å². The number of rotatable bonds is 8. The van der Waals surface area contributed by atoms with Gasteiger partial charge >= 0.3 is 0 Å². The quantitative estimate of drug-likeness (QED) is 0.262. The Labute approximate surface area is 268 Å². The van der Waals surface area contributed by atoms with Gasteiger partial charge in [0.15, 0.2) is 0 Å². The number of fused-ring (bicyclic) bond motifs is 1. The third-order valence-corrected chi connectivity index (χ3v) is 11.1. The van der Waals surface area contributed by atoms with Crippen molar-refractivity contribution in [3.63, 3.8) is 0 Å². The van der Waals surface area contributed by atoms with E-state index in [9.17, 15) is 17.6 Å². The van der Waals surface area contributed by atoms with E-state index in [4.69, 9.17) is 4.74 Å². The third kappa shape index (κ3) is 6.21. The van der Waals surface area contributed by atoms with Crippen LogP contribution in [0.5, 0.6) is 0 Å². The first kappa shape index (κ1) is 30.6. The Hall–Kier alpha value is -4.00. The van der Waals surface area contributed by atoms with E-state index in [1.807, 2.05) is 6.07 Å². The van der Waals surface area contributed by atoms with Gasteiger partial charge in [-0.15, -0.1) is 0 Å². The van der Waals surface area contributed by atoms with Gasteiger partial charge in [0.2, 0.25) is 9.84 Å². The molecule has 7 rings (SSSR count). The molecule has 0 saturated carbocycles. The number of ether oxygens (including phenoxy) is 1. The monoisotopic (exact) mass is 646 g/mol. The topological polar surface area (TPSA) is 109 Å². The minimum Gasteiger partial charge on any atom is -0.370 e. The molecule has 0 radical (unpaired) electrons. The number of anilines is 2. The summed E-state index contributed by atoms with van der Waals surface area (Å²) in [6.45, 7) is 4.89. The van der Waals surface area contributed by atoms with E-state index in [1.54, 1.807) is 12.1 Å². The van der Waals surface area contributed by atoms with Crippen molar-refractivity contribution >= 4 is 38.0 Å². The lowest BCUT2D eigenvalue weighted by Crippen LogP contribution is -2.44. The highest BCUT2D eigenvalue weighted by Crippen LogP contribution is 2.35. The maximum atomic E-state index is 13.9. The molecular formula is C34H39FN6O4S. The number of sulfone groups is 1. The molecule has 0 aliphatic carbocycles. The van der Waals surface area contributed by atoms with E-state index < -0.39 is 15.7 Å². The summed E-state index contributed by atoms with van der Waals surface area (Å²) in [6, 6.07) is 15.8. The highest BCUT2D eigenvalue weighted by atomic mass is 32.2. The van der Waals surface area contributed by atoms with Crippen LogP contribution < -0.4 is 15.6 Å². The second-order valence-electron chi connectivity index (χ2n) is 12.3. The minimum absolute atomic E-state index is 0.0108. The number of carbonyl (C=O) groups is 1. The molecule has 46 heavy (non-hydrogen) atoms. The molecule has 2 N–H and O–H groups in total. The van der Waals surface area contributed by atoms with Gasteiger partial charge in [0.25, 0.3) is 5.91 Å². The summed E-state index contributed by atoms with van der Waals surface area (Å²) in [5.74, 6) is -0.981. The molecule has 12 heteroatoms. The first-order valence-electron chi connectivity index (χ1n) is 16.2. The number of halogens is 1. The van der Waals surface area contributed by atoms with Gasteiger partial charge in [-0.1, -0.05) is 12.1 Å². The van der Waals surface area contributed by atoms with Crippen LogP contribution in [-0.4, -0.2) is 74.2 Å². The number of nitrogens with one attached hydrogen (secondary N) is 2. The lowest BCUT2D eigenvalue weighted by molar-refractivity contribution is 0.0343. The lowest BCUT2D eigenvalue weighted by Gasteiger charge is -2.39. The largest absolute Gasteiger partial charge is 0.370 e. The van der Waals surface area contributed by atoms with Crippen molar-refractivity contribution in [1.29, 1.82) is 0 Å². The Kier molecular flexibility index (Phi) is 8.67. The van der Waals surface area contributed by atoms with Crippen molar-refractivity contribution in [2.75, 3.05) is 48.4 Å². The number of hydrogen-bond donors (Lipinski definition) is 2. The zero-order valence-electron chi connectivity index (χ0n) is 25.7. The van der Waals surface area contributed by atoms with Crippen LogP contribution in [0.15, 0.2) is 76.7 Å². The van der Waals surface area contributed by atoms with Crippen molar-refractivity contribution in [2.24, 2.45) is 0 Å². The maximum Gasteiger partial charge on any atom is 0.273 e. The molecule has 3 saturated heterocycles. The smallest absolute Gasteiger partial charge is 0.273 e. The van der Waals surface area contributed by atoms with Crippen LogP contribution in [0.25, 0.3) is 10.9 Å². The Morgan fingerprint density at radius 3 is 2.43 bits per heavy atom. The molecule has 1 unspecified atom stereocenters. The summed E-state index contributed by atoms with van der Waals surface area (Å²) < 4.78 is 46.1. The molecule has 10 nitrogen and oxygen atoms in total. The van der Waals surface area contributed by atoms with E-state index >= 15 is 0 Å². The highest BCUT2D eigenvalue weighted by Gasteiger charge is 2.29. The van der Waals surface area contributed by atoms with E-state index in [0.717, 1.165) is 62.6 Å². The Bertz CT molecular complexity index is 1830. The number of para-hydroxylation sites is 1. The van der Waals surface area contributed by atoms with Crippen molar-refractivity contribution < 1.29 is 22.3 Å². The zero-order valence-corrected chi connectivity index (χ0v) is 26.5. The van der Waals surface area contributed by atoms with Crippen LogP contribution in [-0.2, 0) is 14.6 Å². The molecule has 0 spiro atoms. The number of likely N-dealkylation sites (tertiary alicyclic amines) is 1. The molecule has 1 atom stereocenters. The molecule has 4 heterocycles. The van der Waals surface area contributed by atoms with Gasteiger partial charge in [-0.25, -0.2) is 18.2 Å². The predicted octanol–water partition coefficient (Wildman–Crippen LogP) is 5.40. The molecule has 4 aromatic rings.